The molecule has 0 atom stereocenters. The zero-order valence-electron chi connectivity index (χ0n) is 12.7. The summed E-state index contributed by atoms with van der Waals surface area (Å²) in [5.74, 6) is 0.235. The van der Waals surface area contributed by atoms with Crippen LogP contribution in [-0.4, -0.2) is 60.0 Å². The van der Waals surface area contributed by atoms with Crippen LogP contribution >= 0.6 is 0 Å². The van der Waals surface area contributed by atoms with Crippen molar-refractivity contribution in [1.82, 2.24) is 15.1 Å². The topological polar surface area (TPSA) is 35.6 Å². The second kappa shape index (κ2) is 6.71. The van der Waals surface area contributed by atoms with Crippen LogP contribution in [0.5, 0.6) is 0 Å². The Labute approximate surface area is 117 Å². The van der Waals surface area contributed by atoms with Crippen molar-refractivity contribution in [3.63, 3.8) is 0 Å². The normalized spacial score (nSPS) is 24.1. The maximum Gasteiger partial charge on any atom is 0.219 e. The average molecular weight is 267 g/mol. The van der Waals surface area contributed by atoms with Crippen molar-refractivity contribution in [1.29, 1.82) is 0 Å². The third-order valence-corrected chi connectivity index (χ3v) is 4.52. The Morgan fingerprint density at radius 1 is 1.05 bits per heavy atom. The Morgan fingerprint density at radius 2 is 1.63 bits per heavy atom. The molecular weight excluding hydrogens is 238 g/mol. The smallest absolute Gasteiger partial charge is 0.219 e. The fraction of sp³-hybridized carbons (Fsp3) is 0.933. The van der Waals surface area contributed by atoms with Crippen LogP contribution in [0.4, 0.5) is 0 Å². The summed E-state index contributed by atoms with van der Waals surface area (Å²) in [5.41, 5.74) is 0. The highest BCUT2D eigenvalue weighted by molar-refractivity contribution is 5.73. The van der Waals surface area contributed by atoms with Crippen molar-refractivity contribution in [3.8, 4) is 0 Å². The molecule has 0 aromatic rings. The highest BCUT2D eigenvalue weighted by Crippen LogP contribution is 2.21. The molecule has 0 aromatic heterocycles. The minimum atomic E-state index is 0.235. The summed E-state index contributed by atoms with van der Waals surface area (Å²) < 4.78 is 0. The fourth-order valence-electron chi connectivity index (χ4n) is 3.45. The van der Waals surface area contributed by atoms with Crippen LogP contribution in [-0.2, 0) is 4.79 Å². The van der Waals surface area contributed by atoms with Crippen molar-refractivity contribution in [3.05, 3.63) is 0 Å². The molecule has 19 heavy (non-hydrogen) atoms. The lowest BCUT2D eigenvalue weighted by Gasteiger charge is -2.42. The van der Waals surface area contributed by atoms with Crippen molar-refractivity contribution >= 4 is 5.91 Å². The molecule has 2 fully saturated rings. The van der Waals surface area contributed by atoms with Gasteiger partial charge in [-0.25, -0.2) is 0 Å². The second-order valence-electron chi connectivity index (χ2n) is 6.37. The molecule has 0 radical (unpaired) electrons. The lowest BCUT2D eigenvalue weighted by molar-refractivity contribution is -0.130. The summed E-state index contributed by atoms with van der Waals surface area (Å²) >= 11 is 0. The molecule has 1 amide bonds. The van der Waals surface area contributed by atoms with Crippen molar-refractivity contribution in [2.24, 2.45) is 0 Å². The number of rotatable bonds is 3. The molecule has 0 bridgehead atoms. The van der Waals surface area contributed by atoms with E-state index in [4.69, 9.17) is 0 Å². The predicted molar refractivity (Wildman–Crippen MR) is 78.1 cm³/mol. The summed E-state index contributed by atoms with van der Waals surface area (Å²) in [6, 6.07) is 2.00. The molecular formula is C15H29N3O. The summed E-state index contributed by atoms with van der Waals surface area (Å²) in [6.07, 6.45) is 4.85. The van der Waals surface area contributed by atoms with Gasteiger partial charge in [-0.2, -0.15) is 0 Å². The molecule has 0 saturated carbocycles. The van der Waals surface area contributed by atoms with Crippen molar-refractivity contribution in [2.75, 3.05) is 26.2 Å². The number of likely N-dealkylation sites (tertiary alicyclic amines) is 2. The number of nitrogens with one attached hydrogen (secondary N) is 1. The molecule has 2 aliphatic heterocycles. The Morgan fingerprint density at radius 3 is 2.11 bits per heavy atom. The van der Waals surface area contributed by atoms with E-state index in [1.165, 1.54) is 25.9 Å². The van der Waals surface area contributed by atoms with Gasteiger partial charge in [-0.1, -0.05) is 13.8 Å². The van der Waals surface area contributed by atoms with Gasteiger partial charge in [0, 0.05) is 38.1 Å². The fourth-order valence-corrected chi connectivity index (χ4v) is 3.45. The number of amides is 1. The Bertz CT molecular complexity index is 290. The molecule has 110 valence electrons. The first-order chi connectivity index (χ1) is 9.06. The monoisotopic (exact) mass is 267 g/mol. The van der Waals surface area contributed by atoms with Gasteiger partial charge >= 0.3 is 0 Å². The molecule has 2 rings (SSSR count). The average Bonchev–Trinajstić information content (AvgIpc) is 2.39. The van der Waals surface area contributed by atoms with Crippen LogP contribution in [0.3, 0.4) is 0 Å². The van der Waals surface area contributed by atoms with E-state index in [0.29, 0.717) is 18.1 Å². The van der Waals surface area contributed by atoms with E-state index in [9.17, 15) is 4.79 Å². The first-order valence-corrected chi connectivity index (χ1v) is 7.82. The van der Waals surface area contributed by atoms with Gasteiger partial charge in [-0.15, -0.1) is 0 Å². The minimum absolute atomic E-state index is 0.235. The SMILES string of the molecule is CC(=O)N1CCC(N2CCC(NC(C)C)CC2)CC1. The number of carbonyl (C=O) groups excluding carboxylic acids is 1. The molecule has 2 aliphatic rings. The Kier molecular flexibility index (Phi) is 5.22. The van der Waals surface area contributed by atoms with E-state index in [-0.39, 0.29) is 5.91 Å². The van der Waals surface area contributed by atoms with Crippen molar-refractivity contribution < 1.29 is 4.79 Å². The minimum Gasteiger partial charge on any atom is -0.343 e. The van der Waals surface area contributed by atoms with Crippen molar-refractivity contribution in [2.45, 2.75) is 64.6 Å². The van der Waals surface area contributed by atoms with Gasteiger partial charge in [0.15, 0.2) is 0 Å². The quantitative estimate of drug-likeness (QED) is 0.841. The van der Waals surface area contributed by atoms with E-state index in [1.807, 2.05) is 4.90 Å². The highest BCUT2D eigenvalue weighted by atomic mass is 16.2. The van der Waals surface area contributed by atoms with E-state index in [1.54, 1.807) is 6.92 Å². The molecule has 4 nitrogen and oxygen atoms in total. The molecule has 2 heterocycles. The predicted octanol–water partition coefficient (Wildman–Crippen LogP) is 1.46. The van der Waals surface area contributed by atoms with E-state index in [0.717, 1.165) is 25.9 Å². The summed E-state index contributed by atoms with van der Waals surface area (Å²) in [5, 5.41) is 3.65. The van der Waals surface area contributed by atoms with E-state index in [2.05, 4.69) is 24.1 Å². The van der Waals surface area contributed by atoms with E-state index < -0.39 is 0 Å². The highest BCUT2D eigenvalue weighted by Gasteiger charge is 2.28. The zero-order chi connectivity index (χ0) is 13.8. The van der Waals surface area contributed by atoms with Crippen LogP contribution in [0.1, 0.15) is 46.5 Å². The standard InChI is InChI=1S/C15H29N3O/c1-12(2)16-14-4-8-18(9-5-14)15-6-10-17(11-7-15)13(3)19/h12,14-16H,4-11H2,1-3H3. The lowest BCUT2D eigenvalue weighted by atomic mass is 9.97. The van der Waals surface area contributed by atoms with Gasteiger partial charge in [0.2, 0.25) is 5.91 Å². The molecule has 0 spiro atoms. The van der Waals surface area contributed by atoms with Crippen LogP contribution < -0.4 is 5.32 Å². The Hall–Kier alpha value is -0.610. The van der Waals surface area contributed by atoms with Gasteiger partial charge in [0.1, 0.15) is 0 Å². The number of nitrogens with zero attached hydrogens (tertiary/aromatic N) is 2. The molecule has 1 N–H and O–H groups in total. The Balaban J connectivity index is 1.72. The second-order valence-corrected chi connectivity index (χ2v) is 6.37. The zero-order valence-corrected chi connectivity index (χ0v) is 12.7. The van der Waals surface area contributed by atoms with Crippen LogP contribution in [0, 0.1) is 0 Å². The van der Waals surface area contributed by atoms with Gasteiger partial charge in [0.05, 0.1) is 0 Å². The molecule has 0 aromatic carbocycles. The molecule has 0 aliphatic carbocycles. The molecule has 0 unspecified atom stereocenters. The van der Waals surface area contributed by atoms with Gasteiger partial charge in [-0.3, -0.25) is 4.79 Å². The third kappa shape index (κ3) is 4.18. The third-order valence-electron chi connectivity index (χ3n) is 4.52. The van der Waals surface area contributed by atoms with Gasteiger partial charge < -0.3 is 15.1 Å². The van der Waals surface area contributed by atoms with Gasteiger partial charge in [0.25, 0.3) is 0 Å². The lowest BCUT2D eigenvalue weighted by Crippen LogP contribution is -2.51. The van der Waals surface area contributed by atoms with Crippen LogP contribution in [0.25, 0.3) is 0 Å². The van der Waals surface area contributed by atoms with Gasteiger partial charge in [-0.05, 0) is 38.8 Å². The summed E-state index contributed by atoms with van der Waals surface area (Å²) in [4.78, 5) is 16.0. The number of hydrogen-bond acceptors (Lipinski definition) is 3. The summed E-state index contributed by atoms with van der Waals surface area (Å²) in [6.45, 7) is 10.5. The largest absolute Gasteiger partial charge is 0.343 e. The maximum absolute atomic E-state index is 11.3. The number of piperidine rings is 2. The number of hydrogen-bond donors (Lipinski definition) is 1. The first-order valence-electron chi connectivity index (χ1n) is 7.82. The van der Waals surface area contributed by atoms with Crippen LogP contribution in [0.2, 0.25) is 0 Å². The molecule has 4 heteroatoms. The summed E-state index contributed by atoms with van der Waals surface area (Å²) in [7, 11) is 0. The van der Waals surface area contributed by atoms with E-state index >= 15 is 0 Å². The maximum atomic E-state index is 11.3. The molecule has 2 saturated heterocycles. The van der Waals surface area contributed by atoms with Crippen LogP contribution in [0.15, 0.2) is 0 Å². The number of carbonyl (C=O) groups is 1. The first kappa shape index (κ1) is 14.8.